The number of nitrogens with zero attached hydrogens (tertiary/aromatic N) is 2. The van der Waals surface area contributed by atoms with Gasteiger partial charge in [-0.25, -0.2) is 4.98 Å². The quantitative estimate of drug-likeness (QED) is 0.696. The van der Waals surface area contributed by atoms with Gasteiger partial charge in [0.2, 0.25) is 0 Å². The molecule has 0 bridgehead atoms. The Balaban J connectivity index is 1.75. The maximum absolute atomic E-state index is 12.1. The summed E-state index contributed by atoms with van der Waals surface area (Å²) >= 11 is 7.11. The number of hydrogen-bond acceptors (Lipinski definition) is 4. The Labute approximate surface area is 149 Å². The van der Waals surface area contributed by atoms with E-state index in [0.29, 0.717) is 15.8 Å². The second-order valence-corrected chi connectivity index (χ2v) is 7.19. The van der Waals surface area contributed by atoms with Crippen LogP contribution in [0.1, 0.15) is 26.6 Å². The van der Waals surface area contributed by atoms with Gasteiger partial charge in [0.25, 0.3) is 5.91 Å². The molecule has 0 saturated heterocycles. The molecule has 2 aromatic heterocycles. The van der Waals surface area contributed by atoms with E-state index in [1.807, 2.05) is 36.6 Å². The van der Waals surface area contributed by atoms with Gasteiger partial charge in [-0.3, -0.25) is 4.79 Å². The van der Waals surface area contributed by atoms with Gasteiger partial charge < -0.3 is 15.6 Å². The first-order valence-electron chi connectivity index (χ1n) is 7.38. The molecule has 0 aliphatic carbocycles. The fourth-order valence-electron chi connectivity index (χ4n) is 2.38. The van der Waals surface area contributed by atoms with E-state index in [-0.39, 0.29) is 5.91 Å². The molecule has 0 saturated carbocycles. The van der Waals surface area contributed by atoms with Gasteiger partial charge in [-0.2, -0.15) is 0 Å². The number of halogens is 1. The predicted molar refractivity (Wildman–Crippen MR) is 97.9 cm³/mol. The summed E-state index contributed by atoms with van der Waals surface area (Å²) in [6.07, 6.45) is 1.75. The number of anilines is 1. The normalized spacial score (nSPS) is 10.8. The number of aromatic nitrogens is 2. The monoisotopic (exact) mass is 360 g/mol. The van der Waals surface area contributed by atoms with E-state index in [1.165, 1.54) is 11.3 Å². The molecule has 3 aromatic rings. The molecule has 0 unspecified atom stereocenters. The Bertz CT molecular complexity index is 900. The van der Waals surface area contributed by atoms with Crippen LogP contribution in [-0.4, -0.2) is 15.5 Å². The highest BCUT2D eigenvalue weighted by atomic mass is 35.5. The lowest BCUT2D eigenvalue weighted by atomic mass is 10.2. The largest absolute Gasteiger partial charge is 0.399 e. The summed E-state index contributed by atoms with van der Waals surface area (Å²) in [5, 5.41) is 2.87. The zero-order chi connectivity index (χ0) is 17.3. The number of nitrogens with two attached hydrogens (primary N) is 1. The number of imidazole rings is 1. The van der Waals surface area contributed by atoms with Gasteiger partial charge in [0, 0.05) is 17.1 Å². The molecular formula is C17H17ClN4OS. The lowest BCUT2D eigenvalue weighted by Crippen LogP contribution is -2.22. The minimum Gasteiger partial charge on any atom is -0.399 e. The van der Waals surface area contributed by atoms with Gasteiger partial charge in [-0.05, 0) is 49.7 Å². The molecule has 124 valence electrons. The Morgan fingerprint density at radius 1 is 1.33 bits per heavy atom. The van der Waals surface area contributed by atoms with Crippen molar-refractivity contribution < 1.29 is 4.79 Å². The molecule has 3 N–H and O–H groups in total. The highest BCUT2D eigenvalue weighted by molar-refractivity contribution is 7.17. The highest BCUT2D eigenvalue weighted by Crippen LogP contribution is 2.22. The van der Waals surface area contributed by atoms with Gasteiger partial charge in [-0.15, -0.1) is 11.3 Å². The van der Waals surface area contributed by atoms with E-state index in [0.717, 1.165) is 28.3 Å². The summed E-state index contributed by atoms with van der Waals surface area (Å²) in [5.41, 5.74) is 10.4. The van der Waals surface area contributed by atoms with Crippen molar-refractivity contribution in [3.63, 3.8) is 0 Å². The maximum Gasteiger partial charge on any atom is 0.261 e. The number of carbonyl (C=O) groups excluding carboxylic acids is 1. The Morgan fingerprint density at radius 3 is 2.79 bits per heavy atom. The van der Waals surface area contributed by atoms with E-state index < -0.39 is 0 Å². The minimum absolute atomic E-state index is 0.149. The third-order valence-corrected chi connectivity index (χ3v) is 5.08. The number of nitrogen functional groups attached to an aromatic ring is 1. The molecule has 0 aliphatic heterocycles. The fraction of sp³-hybridized carbons (Fsp3) is 0.176. The SMILES string of the molecule is Cc1cc(-n2cnc(CNC(=O)c3ccc(Cl)s3)c2C)ccc1N. The summed E-state index contributed by atoms with van der Waals surface area (Å²) in [7, 11) is 0. The van der Waals surface area contributed by atoms with Crippen LogP contribution in [0.25, 0.3) is 5.69 Å². The molecule has 0 aliphatic rings. The van der Waals surface area contributed by atoms with E-state index in [4.69, 9.17) is 17.3 Å². The number of amides is 1. The molecule has 2 heterocycles. The van der Waals surface area contributed by atoms with Crippen LogP contribution in [0.4, 0.5) is 5.69 Å². The van der Waals surface area contributed by atoms with Crippen LogP contribution in [0.3, 0.4) is 0 Å². The van der Waals surface area contributed by atoms with Crippen LogP contribution >= 0.6 is 22.9 Å². The standard InChI is InChI=1S/C17H17ClN4OS/c1-10-7-12(3-4-13(10)19)22-9-21-14(11(22)2)8-20-17(23)15-5-6-16(18)24-15/h3-7,9H,8,19H2,1-2H3,(H,20,23). The van der Waals surface area contributed by atoms with Crippen molar-refractivity contribution in [2.45, 2.75) is 20.4 Å². The minimum atomic E-state index is -0.149. The second kappa shape index (κ2) is 6.67. The van der Waals surface area contributed by atoms with Crippen LogP contribution < -0.4 is 11.1 Å². The van der Waals surface area contributed by atoms with E-state index in [2.05, 4.69) is 10.3 Å². The molecular weight excluding hydrogens is 344 g/mol. The van der Waals surface area contributed by atoms with Crippen LogP contribution in [0.2, 0.25) is 4.34 Å². The molecule has 0 spiro atoms. The predicted octanol–water partition coefficient (Wildman–Crippen LogP) is 3.72. The van der Waals surface area contributed by atoms with Crippen molar-refractivity contribution in [2.24, 2.45) is 0 Å². The first-order chi connectivity index (χ1) is 11.5. The lowest BCUT2D eigenvalue weighted by Gasteiger charge is -2.09. The van der Waals surface area contributed by atoms with Crippen LogP contribution in [-0.2, 0) is 6.54 Å². The lowest BCUT2D eigenvalue weighted by molar-refractivity contribution is 0.0954. The van der Waals surface area contributed by atoms with Crippen molar-refractivity contribution in [3.8, 4) is 5.69 Å². The Kier molecular flexibility index (Phi) is 4.59. The Morgan fingerprint density at radius 2 is 2.12 bits per heavy atom. The number of nitrogens with one attached hydrogen (secondary N) is 1. The highest BCUT2D eigenvalue weighted by Gasteiger charge is 2.12. The molecule has 24 heavy (non-hydrogen) atoms. The van der Waals surface area contributed by atoms with Crippen LogP contribution in [0, 0.1) is 13.8 Å². The van der Waals surface area contributed by atoms with Crippen molar-refractivity contribution in [3.05, 3.63) is 62.8 Å². The van der Waals surface area contributed by atoms with E-state index >= 15 is 0 Å². The first-order valence-corrected chi connectivity index (χ1v) is 8.58. The first kappa shape index (κ1) is 16.5. The van der Waals surface area contributed by atoms with Crippen molar-refractivity contribution >= 4 is 34.5 Å². The molecule has 0 radical (unpaired) electrons. The number of carbonyl (C=O) groups is 1. The number of aryl methyl sites for hydroxylation is 1. The Hall–Kier alpha value is -2.31. The third-order valence-electron chi connectivity index (χ3n) is 3.85. The van der Waals surface area contributed by atoms with Gasteiger partial charge in [0.05, 0.1) is 27.8 Å². The summed E-state index contributed by atoms with van der Waals surface area (Å²) < 4.78 is 2.58. The molecule has 5 nitrogen and oxygen atoms in total. The van der Waals surface area contributed by atoms with Gasteiger partial charge in [-0.1, -0.05) is 11.6 Å². The summed E-state index contributed by atoms with van der Waals surface area (Å²) in [6.45, 7) is 4.31. The van der Waals surface area contributed by atoms with E-state index in [1.54, 1.807) is 18.5 Å². The van der Waals surface area contributed by atoms with Crippen molar-refractivity contribution in [1.29, 1.82) is 0 Å². The summed E-state index contributed by atoms with van der Waals surface area (Å²) in [6, 6.07) is 9.27. The van der Waals surface area contributed by atoms with Gasteiger partial charge in [0.15, 0.2) is 0 Å². The fourth-order valence-corrected chi connectivity index (χ4v) is 3.34. The number of benzene rings is 1. The van der Waals surface area contributed by atoms with Gasteiger partial charge in [0.1, 0.15) is 0 Å². The third kappa shape index (κ3) is 3.29. The molecule has 3 rings (SSSR count). The van der Waals surface area contributed by atoms with Crippen LogP contribution in [0.15, 0.2) is 36.7 Å². The van der Waals surface area contributed by atoms with Crippen LogP contribution in [0.5, 0.6) is 0 Å². The number of hydrogen-bond donors (Lipinski definition) is 2. The second-order valence-electron chi connectivity index (χ2n) is 5.47. The number of rotatable bonds is 4. The smallest absolute Gasteiger partial charge is 0.261 e. The van der Waals surface area contributed by atoms with Crippen molar-refractivity contribution in [2.75, 3.05) is 5.73 Å². The molecule has 1 aromatic carbocycles. The summed E-state index contributed by atoms with van der Waals surface area (Å²) in [5.74, 6) is -0.149. The van der Waals surface area contributed by atoms with E-state index in [9.17, 15) is 4.79 Å². The molecule has 0 atom stereocenters. The summed E-state index contributed by atoms with van der Waals surface area (Å²) in [4.78, 5) is 17.1. The molecule has 0 fully saturated rings. The number of thiophene rings is 1. The maximum atomic E-state index is 12.1. The average Bonchev–Trinajstić information content (AvgIpc) is 3.14. The zero-order valence-electron chi connectivity index (χ0n) is 13.3. The van der Waals surface area contributed by atoms with Crippen molar-refractivity contribution in [1.82, 2.24) is 14.9 Å². The van der Waals surface area contributed by atoms with Gasteiger partial charge >= 0.3 is 0 Å². The average molecular weight is 361 g/mol. The topological polar surface area (TPSA) is 72.9 Å². The molecule has 1 amide bonds. The molecule has 7 heteroatoms. The zero-order valence-corrected chi connectivity index (χ0v) is 14.9.